The fourth-order valence-corrected chi connectivity index (χ4v) is 2.56. The molecule has 1 aromatic carbocycles. The molecule has 1 aliphatic rings. The van der Waals surface area contributed by atoms with Gasteiger partial charge in [-0.3, -0.25) is 4.90 Å². The number of aliphatic hydroxyl groups is 1. The van der Waals surface area contributed by atoms with Crippen molar-refractivity contribution in [3.8, 4) is 5.75 Å². The van der Waals surface area contributed by atoms with Crippen molar-refractivity contribution in [1.82, 2.24) is 4.90 Å². The van der Waals surface area contributed by atoms with Crippen LogP contribution in [-0.2, 0) is 6.54 Å². The molecule has 0 aromatic heterocycles. The van der Waals surface area contributed by atoms with Crippen molar-refractivity contribution in [2.75, 3.05) is 19.7 Å². The van der Waals surface area contributed by atoms with Crippen LogP contribution in [0, 0.1) is 5.92 Å². The van der Waals surface area contributed by atoms with Crippen molar-refractivity contribution in [3.63, 3.8) is 0 Å². The standard InChI is InChI=1S/C15H20F3NO2/c1-11(20)13-5-6-19(9-13)8-12-3-2-4-14(7-12)21-10-15(16,17)18/h2-4,7,11,13,20H,5-6,8-10H2,1H3. The van der Waals surface area contributed by atoms with Crippen LogP contribution in [0.3, 0.4) is 0 Å². The third-order valence-corrected chi connectivity index (χ3v) is 3.70. The molecule has 0 radical (unpaired) electrons. The van der Waals surface area contributed by atoms with Crippen LogP contribution in [0.5, 0.6) is 5.75 Å². The molecule has 1 aromatic rings. The summed E-state index contributed by atoms with van der Waals surface area (Å²) in [5.74, 6) is 0.505. The van der Waals surface area contributed by atoms with Crippen LogP contribution in [0.15, 0.2) is 24.3 Å². The van der Waals surface area contributed by atoms with Gasteiger partial charge in [-0.15, -0.1) is 0 Å². The Morgan fingerprint density at radius 1 is 1.43 bits per heavy atom. The summed E-state index contributed by atoms with van der Waals surface area (Å²) in [4.78, 5) is 2.19. The van der Waals surface area contributed by atoms with Crippen LogP contribution < -0.4 is 4.74 Å². The minimum atomic E-state index is -4.32. The first-order valence-electron chi connectivity index (χ1n) is 7.02. The van der Waals surface area contributed by atoms with E-state index in [1.165, 1.54) is 6.07 Å². The summed E-state index contributed by atoms with van der Waals surface area (Å²) in [6.45, 7) is 2.88. The molecule has 1 fully saturated rings. The Hall–Kier alpha value is -1.27. The van der Waals surface area contributed by atoms with Crippen LogP contribution in [0.2, 0.25) is 0 Å². The maximum absolute atomic E-state index is 12.1. The zero-order valence-corrected chi connectivity index (χ0v) is 11.9. The van der Waals surface area contributed by atoms with Crippen LogP contribution in [-0.4, -0.2) is 42.0 Å². The van der Waals surface area contributed by atoms with Gasteiger partial charge in [0.25, 0.3) is 0 Å². The van der Waals surface area contributed by atoms with E-state index in [4.69, 9.17) is 4.74 Å². The molecular formula is C15H20F3NO2. The Kier molecular flexibility index (Phi) is 5.11. The van der Waals surface area contributed by atoms with Gasteiger partial charge in [0.05, 0.1) is 6.10 Å². The summed E-state index contributed by atoms with van der Waals surface area (Å²) in [5.41, 5.74) is 0.918. The largest absolute Gasteiger partial charge is 0.484 e. The highest BCUT2D eigenvalue weighted by Gasteiger charge is 2.28. The van der Waals surface area contributed by atoms with Crippen LogP contribution in [0.4, 0.5) is 13.2 Å². The van der Waals surface area contributed by atoms with Crippen molar-refractivity contribution in [3.05, 3.63) is 29.8 Å². The van der Waals surface area contributed by atoms with Crippen molar-refractivity contribution >= 4 is 0 Å². The minimum Gasteiger partial charge on any atom is -0.484 e. The second kappa shape index (κ2) is 6.66. The molecule has 2 rings (SSSR count). The van der Waals surface area contributed by atoms with Crippen molar-refractivity contribution in [2.24, 2.45) is 5.92 Å². The molecule has 118 valence electrons. The first kappa shape index (κ1) is 16.1. The first-order valence-corrected chi connectivity index (χ1v) is 7.02. The smallest absolute Gasteiger partial charge is 0.422 e. The molecule has 1 heterocycles. The molecule has 0 bridgehead atoms. The Morgan fingerprint density at radius 2 is 2.19 bits per heavy atom. The van der Waals surface area contributed by atoms with Gasteiger partial charge in [-0.05, 0) is 43.5 Å². The molecular weight excluding hydrogens is 283 g/mol. The third-order valence-electron chi connectivity index (χ3n) is 3.70. The number of halogens is 3. The molecule has 21 heavy (non-hydrogen) atoms. The van der Waals surface area contributed by atoms with E-state index in [2.05, 4.69) is 4.90 Å². The topological polar surface area (TPSA) is 32.7 Å². The van der Waals surface area contributed by atoms with Gasteiger partial charge in [0, 0.05) is 13.1 Å². The minimum absolute atomic E-state index is 0.232. The van der Waals surface area contributed by atoms with Gasteiger partial charge < -0.3 is 9.84 Å². The Morgan fingerprint density at radius 3 is 2.81 bits per heavy atom. The van der Waals surface area contributed by atoms with Crippen LogP contribution >= 0.6 is 0 Å². The second-order valence-electron chi connectivity index (χ2n) is 5.58. The van der Waals surface area contributed by atoms with Crippen molar-refractivity contribution < 1.29 is 23.0 Å². The lowest BCUT2D eigenvalue weighted by molar-refractivity contribution is -0.153. The molecule has 1 N–H and O–H groups in total. The van der Waals surface area contributed by atoms with Gasteiger partial charge in [-0.1, -0.05) is 12.1 Å². The molecule has 1 aliphatic heterocycles. The molecule has 0 saturated carbocycles. The highest BCUT2D eigenvalue weighted by Crippen LogP contribution is 2.23. The number of likely N-dealkylation sites (tertiary alicyclic amines) is 1. The molecule has 0 amide bonds. The summed E-state index contributed by atoms with van der Waals surface area (Å²) in [7, 11) is 0. The Labute approximate surface area is 122 Å². The first-order chi connectivity index (χ1) is 9.83. The molecule has 0 aliphatic carbocycles. The quantitative estimate of drug-likeness (QED) is 0.908. The zero-order chi connectivity index (χ0) is 15.5. The van der Waals surface area contributed by atoms with Gasteiger partial charge in [0.2, 0.25) is 0 Å². The highest BCUT2D eigenvalue weighted by atomic mass is 19.4. The Bertz CT molecular complexity index is 462. The highest BCUT2D eigenvalue weighted by molar-refractivity contribution is 5.28. The average Bonchev–Trinajstić information content (AvgIpc) is 2.85. The van der Waals surface area contributed by atoms with E-state index in [1.54, 1.807) is 19.1 Å². The fourth-order valence-electron chi connectivity index (χ4n) is 2.56. The number of hydrogen-bond donors (Lipinski definition) is 1. The van der Waals surface area contributed by atoms with E-state index < -0.39 is 12.8 Å². The van der Waals surface area contributed by atoms with Gasteiger partial charge in [-0.25, -0.2) is 0 Å². The van der Waals surface area contributed by atoms with E-state index in [-0.39, 0.29) is 17.8 Å². The van der Waals surface area contributed by atoms with E-state index >= 15 is 0 Å². The van der Waals surface area contributed by atoms with Crippen LogP contribution in [0.1, 0.15) is 18.9 Å². The lowest BCUT2D eigenvalue weighted by Crippen LogP contribution is -2.24. The molecule has 2 atom stereocenters. The SMILES string of the molecule is CC(O)C1CCN(Cc2cccc(OCC(F)(F)F)c2)C1. The van der Waals surface area contributed by atoms with Gasteiger partial charge in [0.15, 0.2) is 6.61 Å². The number of aliphatic hydroxyl groups excluding tert-OH is 1. The molecule has 0 spiro atoms. The number of benzene rings is 1. The third kappa shape index (κ3) is 5.21. The fraction of sp³-hybridized carbons (Fsp3) is 0.600. The lowest BCUT2D eigenvalue weighted by Gasteiger charge is -2.18. The molecule has 1 saturated heterocycles. The number of rotatable bonds is 5. The summed E-state index contributed by atoms with van der Waals surface area (Å²) in [6, 6.07) is 6.73. The normalized spacial score (nSPS) is 21.5. The van der Waals surface area contributed by atoms with Crippen molar-refractivity contribution in [1.29, 1.82) is 0 Å². The molecule has 6 heteroatoms. The predicted octanol–water partition coefficient (Wildman–Crippen LogP) is 2.83. The number of ether oxygens (including phenoxy) is 1. The van der Waals surface area contributed by atoms with E-state index in [9.17, 15) is 18.3 Å². The van der Waals surface area contributed by atoms with E-state index in [0.29, 0.717) is 6.54 Å². The average molecular weight is 303 g/mol. The van der Waals surface area contributed by atoms with Crippen molar-refractivity contribution in [2.45, 2.75) is 32.2 Å². The van der Waals surface area contributed by atoms with Crippen LogP contribution in [0.25, 0.3) is 0 Å². The Balaban J connectivity index is 1.89. The van der Waals surface area contributed by atoms with Gasteiger partial charge in [0.1, 0.15) is 5.75 Å². The summed E-state index contributed by atoms with van der Waals surface area (Å²) < 4.78 is 41.1. The second-order valence-corrected chi connectivity index (χ2v) is 5.58. The lowest BCUT2D eigenvalue weighted by atomic mass is 10.0. The summed E-state index contributed by atoms with van der Waals surface area (Å²) in [5, 5.41) is 9.57. The van der Waals surface area contributed by atoms with Gasteiger partial charge >= 0.3 is 6.18 Å². The molecule has 3 nitrogen and oxygen atoms in total. The number of nitrogens with zero attached hydrogens (tertiary/aromatic N) is 1. The maximum Gasteiger partial charge on any atom is 0.422 e. The summed E-state index contributed by atoms with van der Waals surface area (Å²) >= 11 is 0. The maximum atomic E-state index is 12.1. The van der Waals surface area contributed by atoms with E-state index in [0.717, 1.165) is 25.1 Å². The monoisotopic (exact) mass is 303 g/mol. The number of alkyl halides is 3. The predicted molar refractivity (Wildman–Crippen MR) is 73.1 cm³/mol. The summed E-state index contributed by atoms with van der Waals surface area (Å²) in [6.07, 6.45) is -3.70. The van der Waals surface area contributed by atoms with E-state index in [1.807, 2.05) is 6.07 Å². The van der Waals surface area contributed by atoms with Gasteiger partial charge in [-0.2, -0.15) is 13.2 Å². The number of hydrogen-bond acceptors (Lipinski definition) is 3. The zero-order valence-electron chi connectivity index (χ0n) is 11.9. The molecule has 2 unspecified atom stereocenters.